The smallest absolute Gasteiger partial charge is 0.135 e. The van der Waals surface area contributed by atoms with E-state index in [1.54, 1.807) is 0 Å². The Balaban J connectivity index is 1.07. The van der Waals surface area contributed by atoms with E-state index in [0.717, 1.165) is 55.9 Å². The number of hydrogen-bond acceptors (Lipinski definition) is 2. The van der Waals surface area contributed by atoms with E-state index in [-0.39, 0.29) is 0 Å². The van der Waals surface area contributed by atoms with Gasteiger partial charge in [-0.1, -0.05) is 103 Å². The van der Waals surface area contributed by atoms with Crippen molar-refractivity contribution in [2.75, 3.05) is 4.90 Å². The molecular weight excluding hydrogens is 707 g/mol. The fourth-order valence-electron chi connectivity index (χ4n) is 9.07. The topological polar surface area (TPSA) is 26.2 Å². The Morgan fingerprint density at radius 1 is 0.293 bits per heavy atom. The molecule has 3 aromatic heterocycles. The van der Waals surface area contributed by atoms with Crippen LogP contribution in [0.5, 0.6) is 0 Å². The first kappa shape index (κ1) is 32.4. The third-order valence-electron chi connectivity index (χ3n) is 11.7. The Bertz CT molecular complexity index is 3500. The van der Waals surface area contributed by atoms with Crippen molar-refractivity contribution in [3.8, 4) is 22.5 Å². The minimum absolute atomic E-state index is 0.884. The number of anilines is 3. The van der Waals surface area contributed by atoms with Crippen LogP contribution in [0.3, 0.4) is 0 Å². The first-order valence-electron chi connectivity index (χ1n) is 19.8. The van der Waals surface area contributed by atoms with E-state index >= 15 is 0 Å². The van der Waals surface area contributed by atoms with Crippen molar-refractivity contribution in [3.05, 3.63) is 212 Å². The summed E-state index contributed by atoms with van der Waals surface area (Å²) in [4.78, 5) is 2.35. The highest BCUT2D eigenvalue weighted by Gasteiger charge is 2.20. The molecule has 4 heteroatoms. The van der Waals surface area contributed by atoms with Gasteiger partial charge in [0.2, 0.25) is 0 Å². The second-order valence-electron chi connectivity index (χ2n) is 15.0. The number of para-hydroxylation sites is 5. The van der Waals surface area contributed by atoms with Crippen LogP contribution in [-0.4, -0.2) is 9.13 Å². The largest absolute Gasteiger partial charge is 0.456 e. The van der Waals surface area contributed by atoms with E-state index in [1.807, 2.05) is 12.1 Å². The molecule has 0 amide bonds. The van der Waals surface area contributed by atoms with Gasteiger partial charge in [-0.05, 0) is 120 Å². The SMILES string of the molecule is c1ccc(N(c2ccc3oc4ccccc4c3c2)c2ccc3c(c2)c2cc(-c4ccc5c(c4)c4ccccc4n5-c4ccccc4)ccc2n3-c2ccccc2)cc1. The van der Waals surface area contributed by atoms with E-state index in [2.05, 4.69) is 214 Å². The van der Waals surface area contributed by atoms with Crippen molar-refractivity contribution in [1.29, 1.82) is 0 Å². The molecule has 0 saturated heterocycles. The number of nitrogens with zero attached hydrogens (tertiary/aromatic N) is 3. The molecule has 0 radical (unpaired) electrons. The lowest BCUT2D eigenvalue weighted by Gasteiger charge is -2.25. The molecule has 12 rings (SSSR count). The van der Waals surface area contributed by atoms with Crippen LogP contribution in [0.2, 0.25) is 0 Å². The van der Waals surface area contributed by atoms with Crippen LogP contribution in [0.15, 0.2) is 217 Å². The predicted octanol–water partition coefficient (Wildman–Crippen LogP) is 14.9. The van der Waals surface area contributed by atoms with E-state index in [1.165, 1.54) is 49.2 Å². The van der Waals surface area contributed by atoms with E-state index in [0.29, 0.717) is 0 Å². The van der Waals surface area contributed by atoms with Gasteiger partial charge in [-0.3, -0.25) is 0 Å². The van der Waals surface area contributed by atoms with Gasteiger partial charge in [0.15, 0.2) is 0 Å². The van der Waals surface area contributed by atoms with Gasteiger partial charge in [0.05, 0.1) is 22.1 Å². The number of aromatic nitrogens is 2. The fraction of sp³-hybridized carbons (Fsp3) is 0. The summed E-state index contributed by atoms with van der Waals surface area (Å²) in [7, 11) is 0. The molecule has 0 atom stereocenters. The number of hydrogen-bond donors (Lipinski definition) is 0. The first-order chi connectivity index (χ1) is 28.8. The molecule has 9 aromatic carbocycles. The van der Waals surface area contributed by atoms with Gasteiger partial charge in [-0.15, -0.1) is 0 Å². The summed E-state index contributed by atoms with van der Waals surface area (Å²) in [5, 5.41) is 7.10. The molecule has 0 saturated carbocycles. The number of rotatable bonds is 6. The summed E-state index contributed by atoms with van der Waals surface area (Å²) in [6.07, 6.45) is 0. The van der Waals surface area contributed by atoms with Gasteiger partial charge in [0.25, 0.3) is 0 Å². The normalized spacial score (nSPS) is 11.8. The van der Waals surface area contributed by atoms with Crippen LogP contribution in [-0.2, 0) is 0 Å². The zero-order valence-electron chi connectivity index (χ0n) is 31.5. The second-order valence-corrected chi connectivity index (χ2v) is 15.0. The zero-order valence-corrected chi connectivity index (χ0v) is 31.5. The van der Waals surface area contributed by atoms with Crippen LogP contribution in [0.4, 0.5) is 17.1 Å². The molecule has 0 unspecified atom stereocenters. The van der Waals surface area contributed by atoms with Crippen molar-refractivity contribution >= 4 is 82.6 Å². The van der Waals surface area contributed by atoms with Crippen LogP contribution in [0, 0.1) is 0 Å². The van der Waals surface area contributed by atoms with Crippen molar-refractivity contribution < 1.29 is 4.42 Å². The second kappa shape index (κ2) is 12.9. The lowest BCUT2D eigenvalue weighted by molar-refractivity contribution is 0.669. The highest BCUT2D eigenvalue weighted by molar-refractivity contribution is 6.14. The summed E-state index contributed by atoms with van der Waals surface area (Å²) in [6.45, 7) is 0. The van der Waals surface area contributed by atoms with Gasteiger partial charge in [-0.25, -0.2) is 0 Å². The molecule has 12 aromatic rings. The maximum absolute atomic E-state index is 6.24. The molecule has 58 heavy (non-hydrogen) atoms. The van der Waals surface area contributed by atoms with Crippen LogP contribution < -0.4 is 4.90 Å². The standard InChI is InChI=1S/C54H35N3O/c1-4-14-38(15-5-1)55(42-27-31-54-48(35-42)44-21-11-13-23-53(44)58-54)41-26-30-52-47(34-41)46-33-37(25-29-51(46)57(52)40-18-8-3-9-19-40)36-24-28-50-45(32-36)43-20-10-12-22-49(43)56(50)39-16-6-2-7-17-39/h1-35H. The molecular formula is C54H35N3O. The Morgan fingerprint density at radius 3 is 1.40 bits per heavy atom. The quantitative estimate of drug-likeness (QED) is 0.170. The zero-order chi connectivity index (χ0) is 38.2. The van der Waals surface area contributed by atoms with Crippen LogP contribution in [0.1, 0.15) is 0 Å². The third kappa shape index (κ3) is 5.02. The Labute approximate surface area is 334 Å². The summed E-state index contributed by atoms with van der Waals surface area (Å²) >= 11 is 0. The van der Waals surface area contributed by atoms with E-state index in [9.17, 15) is 0 Å². The van der Waals surface area contributed by atoms with E-state index < -0.39 is 0 Å². The monoisotopic (exact) mass is 741 g/mol. The average molecular weight is 742 g/mol. The number of benzene rings is 9. The lowest BCUT2D eigenvalue weighted by Crippen LogP contribution is -2.09. The van der Waals surface area contributed by atoms with Gasteiger partial charge in [0, 0.05) is 60.8 Å². The summed E-state index contributed by atoms with van der Waals surface area (Å²) < 4.78 is 11.0. The summed E-state index contributed by atoms with van der Waals surface area (Å²) in [5.41, 5.74) is 14.4. The minimum atomic E-state index is 0.884. The van der Waals surface area contributed by atoms with Crippen molar-refractivity contribution in [3.63, 3.8) is 0 Å². The fourth-order valence-corrected chi connectivity index (χ4v) is 9.07. The summed E-state index contributed by atoms with van der Waals surface area (Å²) in [5.74, 6) is 0. The van der Waals surface area contributed by atoms with Gasteiger partial charge >= 0.3 is 0 Å². The maximum Gasteiger partial charge on any atom is 0.135 e. The lowest BCUT2D eigenvalue weighted by atomic mass is 10.0. The summed E-state index contributed by atoms with van der Waals surface area (Å²) in [6, 6.07) is 76.3. The number of furan rings is 1. The Kier molecular flexibility index (Phi) is 7.20. The molecule has 0 aliphatic rings. The molecule has 272 valence electrons. The molecule has 0 aliphatic heterocycles. The van der Waals surface area contributed by atoms with E-state index in [4.69, 9.17) is 4.42 Å². The van der Waals surface area contributed by atoms with Crippen LogP contribution in [0.25, 0.3) is 88.1 Å². The molecule has 0 fully saturated rings. The van der Waals surface area contributed by atoms with Gasteiger partial charge in [0.1, 0.15) is 11.2 Å². The van der Waals surface area contributed by atoms with Crippen molar-refractivity contribution in [1.82, 2.24) is 9.13 Å². The molecule has 0 N–H and O–H groups in total. The highest BCUT2D eigenvalue weighted by atomic mass is 16.3. The van der Waals surface area contributed by atoms with Crippen LogP contribution >= 0.6 is 0 Å². The Morgan fingerprint density at radius 2 is 0.741 bits per heavy atom. The predicted molar refractivity (Wildman–Crippen MR) is 243 cm³/mol. The molecule has 0 aliphatic carbocycles. The molecule has 0 bridgehead atoms. The van der Waals surface area contributed by atoms with Crippen molar-refractivity contribution in [2.45, 2.75) is 0 Å². The third-order valence-corrected chi connectivity index (χ3v) is 11.7. The Hall–Kier alpha value is -7.82. The first-order valence-corrected chi connectivity index (χ1v) is 19.8. The molecule has 4 nitrogen and oxygen atoms in total. The molecule has 0 spiro atoms. The average Bonchev–Trinajstić information content (AvgIpc) is 3.94. The highest BCUT2D eigenvalue weighted by Crippen LogP contribution is 2.43. The maximum atomic E-state index is 6.24. The molecule has 3 heterocycles. The van der Waals surface area contributed by atoms with Gasteiger partial charge in [-0.2, -0.15) is 0 Å². The van der Waals surface area contributed by atoms with Gasteiger partial charge < -0.3 is 18.5 Å². The number of fused-ring (bicyclic) bond motifs is 9. The van der Waals surface area contributed by atoms with Crippen molar-refractivity contribution in [2.24, 2.45) is 0 Å². The minimum Gasteiger partial charge on any atom is -0.456 e.